The molecule has 2 fully saturated rings. The van der Waals surface area contributed by atoms with Gasteiger partial charge in [0, 0.05) is 54.9 Å². The first-order valence-electron chi connectivity index (χ1n) is 14.8. The van der Waals surface area contributed by atoms with Gasteiger partial charge in [-0.3, -0.25) is 4.90 Å². The topological polar surface area (TPSA) is 113 Å². The van der Waals surface area contributed by atoms with E-state index in [2.05, 4.69) is 62.6 Å². The molecule has 44 heavy (non-hydrogen) atoms. The van der Waals surface area contributed by atoms with E-state index in [1.165, 1.54) is 19.9 Å². The first-order valence-corrected chi connectivity index (χ1v) is 14.8. The summed E-state index contributed by atoms with van der Waals surface area (Å²) in [4.78, 5) is 26.5. The number of piperazine rings is 1. The van der Waals surface area contributed by atoms with E-state index < -0.39 is 5.97 Å². The van der Waals surface area contributed by atoms with Crippen molar-refractivity contribution in [2.45, 2.75) is 25.9 Å². The lowest BCUT2D eigenvalue weighted by Gasteiger charge is -2.43. The molecule has 0 bridgehead atoms. The van der Waals surface area contributed by atoms with E-state index in [4.69, 9.17) is 19.2 Å². The van der Waals surface area contributed by atoms with Crippen molar-refractivity contribution in [2.75, 3.05) is 63.8 Å². The molecule has 6 rings (SSSR count). The number of nitrogens with zero attached hydrogens (tertiary/aromatic N) is 5. The number of carbonyl (C=O) groups excluding carboxylic acids is 1. The predicted molar refractivity (Wildman–Crippen MR) is 169 cm³/mol. The zero-order chi connectivity index (χ0) is 30.8. The van der Waals surface area contributed by atoms with Crippen LogP contribution in [0.15, 0.2) is 54.6 Å². The second-order valence-electron chi connectivity index (χ2n) is 11.3. The summed E-state index contributed by atoms with van der Waals surface area (Å²) in [5.74, 6) is -0.242. The van der Waals surface area contributed by atoms with Crippen molar-refractivity contribution in [3.8, 4) is 23.1 Å². The number of carbonyl (C=O) groups is 1. The van der Waals surface area contributed by atoms with E-state index in [9.17, 15) is 10.1 Å². The minimum atomic E-state index is -0.561. The van der Waals surface area contributed by atoms with Gasteiger partial charge >= 0.3 is 5.97 Å². The number of pyridine rings is 2. The first kappa shape index (κ1) is 29.4. The smallest absolute Gasteiger partial charge is 0.358 e. The molecule has 10 heteroatoms. The largest absolute Gasteiger partial charge is 0.481 e. The molecule has 0 amide bonds. The number of methoxy groups -OCH3 is 2. The Labute approximate surface area is 257 Å². The molecule has 2 aliphatic heterocycles. The maximum absolute atomic E-state index is 12.5. The standard InChI is InChI=1S/C34H36N6O4/c1-21-15-26(22(2)36-29-9-10-32(42-3)38-33(29)34(41)43-4)28-17-27(31(18-35)37-30(28)16-21)23-5-7-24(8-6-23)39-11-13-40(14-12-39)25-19-44-20-25/h5-10,15-17,22,25,36H,11-14,19-20H2,1-4H3/t22-/m1/s1. The Morgan fingerprint density at radius 1 is 1.05 bits per heavy atom. The van der Waals surface area contributed by atoms with Gasteiger partial charge in [-0.05, 0) is 60.9 Å². The fourth-order valence-corrected chi connectivity index (χ4v) is 5.98. The number of hydrogen-bond acceptors (Lipinski definition) is 10. The van der Waals surface area contributed by atoms with Gasteiger partial charge in [0.15, 0.2) is 5.69 Å². The van der Waals surface area contributed by atoms with Crippen molar-refractivity contribution in [3.63, 3.8) is 0 Å². The van der Waals surface area contributed by atoms with Gasteiger partial charge in [0.05, 0.1) is 44.7 Å². The van der Waals surface area contributed by atoms with E-state index in [1.807, 2.05) is 19.9 Å². The third-order valence-electron chi connectivity index (χ3n) is 8.51. The number of aryl methyl sites for hydroxylation is 1. The van der Waals surface area contributed by atoms with Crippen LogP contribution < -0.4 is 15.0 Å². The summed E-state index contributed by atoms with van der Waals surface area (Å²) in [5, 5.41) is 14.4. The minimum absolute atomic E-state index is 0.139. The molecule has 2 aromatic carbocycles. The van der Waals surface area contributed by atoms with Crippen LogP contribution in [0, 0.1) is 18.3 Å². The number of anilines is 2. The van der Waals surface area contributed by atoms with Gasteiger partial charge in [0.1, 0.15) is 11.8 Å². The van der Waals surface area contributed by atoms with Crippen molar-refractivity contribution in [1.29, 1.82) is 5.26 Å². The third-order valence-corrected chi connectivity index (χ3v) is 8.51. The number of nitrogens with one attached hydrogen (secondary N) is 1. The Balaban J connectivity index is 1.30. The quantitative estimate of drug-likeness (QED) is 0.282. The fraction of sp³-hybridized carbons (Fsp3) is 0.353. The first-order chi connectivity index (χ1) is 21.4. The number of hydrogen-bond donors (Lipinski definition) is 1. The molecule has 1 N–H and O–H groups in total. The van der Waals surface area contributed by atoms with Crippen LogP contribution in [-0.2, 0) is 9.47 Å². The molecule has 226 valence electrons. The van der Waals surface area contributed by atoms with Crippen molar-refractivity contribution >= 4 is 28.2 Å². The van der Waals surface area contributed by atoms with Crippen LogP contribution in [-0.4, -0.2) is 80.5 Å². The highest BCUT2D eigenvalue weighted by atomic mass is 16.5. The number of fused-ring (bicyclic) bond motifs is 1. The van der Waals surface area contributed by atoms with E-state index in [0.29, 0.717) is 23.3 Å². The number of ether oxygens (including phenoxy) is 3. The summed E-state index contributed by atoms with van der Waals surface area (Å²) < 4.78 is 15.5. The molecule has 0 saturated carbocycles. The van der Waals surface area contributed by atoms with E-state index in [0.717, 1.165) is 72.5 Å². The molecule has 10 nitrogen and oxygen atoms in total. The van der Waals surface area contributed by atoms with Crippen molar-refractivity contribution in [2.24, 2.45) is 0 Å². The number of nitriles is 1. The van der Waals surface area contributed by atoms with Gasteiger partial charge < -0.3 is 24.4 Å². The number of esters is 1. The maximum atomic E-state index is 12.5. The lowest BCUT2D eigenvalue weighted by Crippen LogP contribution is -2.56. The van der Waals surface area contributed by atoms with Crippen LogP contribution in [0.25, 0.3) is 22.0 Å². The monoisotopic (exact) mass is 592 g/mol. The number of rotatable bonds is 8. The summed E-state index contributed by atoms with van der Waals surface area (Å²) in [6.07, 6.45) is 0. The highest BCUT2D eigenvalue weighted by Crippen LogP contribution is 2.34. The summed E-state index contributed by atoms with van der Waals surface area (Å²) in [7, 11) is 2.82. The summed E-state index contributed by atoms with van der Waals surface area (Å²) >= 11 is 0. The molecule has 1 atom stereocenters. The van der Waals surface area contributed by atoms with Crippen molar-refractivity contribution < 1.29 is 19.0 Å². The van der Waals surface area contributed by atoms with Crippen molar-refractivity contribution in [1.82, 2.24) is 14.9 Å². The molecule has 0 unspecified atom stereocenters. The highest BCUT2D eigenvalue weighted by Gasteiger charge is 2.29. The van der Waals surface area contributed by atoms with Gasteiger partial charge in [0.25, 0.3) is 0 Å². The minimum Gasteiger partial charge on any atom is -0.481 e. The molecule has 2 aliphatic rings. The van der Waals surface area contributed by atoms with Gasteiger partial charge in [-0.15, -0.1) is 0 Å². The van der Waals surface area contributed by atoms with Gasteiger partial charge in [0.2, 0.25) is 5.88 Å². The van der Waals surface area contributed by atoms with E-state index in [-0.39, 0.29) is 11.7 Å². The van der Waals surface area contributed by atoms with Crippen LogP contribution in [0.2, 0.25) is 0 Å². The Morgan fingerprint density at radius 2 is 1.80 bits per heavy atom. The summed E-state index contributed by atoms with van der Waals surface area (Å²) in [6, 6.07) is 20.7. The lowest BCUT2D eigenvalue weighted by atomic mass is 9.95. The fourth-order valence-electron chi connectivity index (χ4n) is 5.98. The third kappa shape index (κ3) is 5.76. The van der Waals surface area contributed by atoms with E-state index in [1.54, 1.807) is 12.1 Å². The summed E-state index contributed by atoms with van der Waals surface area (Å²) in [5.41, 5.74) is 6.67. The Morgan fingerprint density at radius 3 is 2.43 bits per heavy atom. The van der Waals surface area contributed by atoms with Crippen LogP contribution >= 0.6 is 0 Å². The Kier molecular flexibility index (Phi) is 8.33. The van der Waals surface area contributed by atoms with Gasteiger partial charge in [-0.1, -0.05) is 18.2 Å². The normalized spacial score (nSPS) is 16.2. The highest BCUT2D eigenvalue weighted by molar-refractivity contribution is 5.94. The van der Waals surface area contributed by atoms with Crippen LogP contribution in [0.1, 0.15) is 40.3 Å². The van der Waals surface area contributed by atoms with Crippen LogP contribution in [0.3, 0.4) is 0 Å². The average Bonchev–Trinajstić information content (AvgIpc) is 3.03. The second kappa shape index (κ2) is 12.5. The van der Waals surface area contributed by atoms with Gasteiger partial charge in [-0.25, -0.2) is 14.8 Å². The maximum Gasteiger partial charge on any atom is 0.358 e. The SMILES string of the molecule is COC(=O)c1nc(OC)ccc1N[C@H](C)c1cc(C)cc2nc(C#N)c(-c3ccc(N4CCN(C5COC5)CC4)cc3)cc12. The van der Waals surface area contributed by atoms with Gasteiger partial charge in [-0.2, -0.15) is 5.26 Å². The number of benzene rings is 2. The molecule has 2 saturated heterocycles. The zero-order valence-electron chi connectivity index (χ0n) is 25.5. The molecule has 0 spiro atoms. The summed E-state index contributed by atoms with van der Waals surface area (Å²) in [6.45, 7) is 9.74. The number of aromatic nitrogens is 2. The molecule has 0 radical (unpaired) electrons. The van der Waals surface area contributed by atoms with E-state index >= 15 is 0 Å². The molecular weight excluding hydrogens is 556 g/mol. The molecule has 4 aromatic rings. The molecule has 4 heterocycles. The predicted octanol–water partition coefficient (Wildman–Crippen LogP) is 4.97. The average molecular weight is 593 g/mol. The molecular formula is C34H36N6O4. The Hall–Kier alpha value is -4.72. The lowest BCUT2D eigenvalue weighted by molar-refractivity contribution is -0.0660. The van der Waals surface area contributed by atoms with Crippen molar-refractivity contribution in [3.05, 3.63) is 77.1 Å². The Bertz CT molecular complexity index is 1720. The second-order valence-corrected chi connectivity index (χ2v) is 11.3. The van der Waals surface area contributed by atoms with Crippen LogP contribution in [0.4, 0.5) is 11.4 Å². The molecule has 2 aromatic heterocycles. The van der Waals surface area contributed by atoms with Crippen LogP contribution in [0.5, 0.6) is 5.88 Å². The molecule has 0 aliphatic carbocycles. The zero-order valence-corrected chi connectivity index (χ0v) is 25.5.